The van der Waals surface area contributed by atoms with Crippen molar-refractivity contribution in [2.45, 2.75) is 52.1 Å². The number of carbonyl (C=O) groups is 2. The number of nitrogen functional groups attached to an aromatic ring is 1. The van der Waals surface area contributed by atoms with Crippen LogP contribution < -0.4 is 5.73 Å². The third kappa shape index (κ3) is 7.50. The molecule has 10 nitrogen and oxygen atoms in total. The van der Waals surface area contributed by atoms with Gasteiger partial charge in [0, 0.05) is 44.5 Å². The molecule has 1 aliphatic heterocycles. The van der Waals surface area contributed by atoms with Crippen LogP contribution in [0, 0.1) is 0 Å². The monoisotopic (exact) mass is 586 g/mol. The number of imidazole rings is 1. The number of amides is 1. The van der Waals surface area contributed by atoms with Crippen LogP contribution >= 0.6 is 0 Å². The van der Waals surface area contributed by atoms with E-state index in [0.29, 0.717) is 45.2 Å². The van der Waals surface area contributed by atoms with Gasteiger partial charge in [-0.25, -0.2) is 9.97 Å². The van der Waals surface area contributed by atoms with Gasteiger partial charge < -0.3 is 24.7 Å². The summed E-state index contributed by atoms with van der Waals surface area (Å²) in [6, 6.07) is 15.9. The summed E-state index contributed by atoms with van der Waals surface area (Å²) in [5, 5.41) is 1.04. The number of methoxy groups -OCH3 is 1. The van der Waals surface area contributed by atoms with Crippen LogP contribution in [0.4, 0.5) is 5.82 Å². The Labute approximate surface area is 252 Å². The van der Waals surface area contributed by atoms with Gasteiger partial charge in [0.2, 0.25) is 5.91 Å². The van der Waals surface area contributed by atoms with Crippen molar-refractivity contribution in [2.75, 3.05) is 52.2 Å². The van der Waals surface area contributed by atoms with Gasteiger partial charge in [-0.15, -0.1) is 0 Å². The van der Waals surface area contributed by atoms with Crippen LogP contribution in [-0.2, 0) is 45.0 Å². The van der Waals surface area contributed by atoms with Crippen LogP contribution in [0.15, 0.2) is 48.5 Å². The number of pyridine rings is 1. The number of morpholine rings is 1. The highest BCUT2D eigenvalue weighted by Crippen LogP contribution is 2.29. The van der Waals surface area contributed by atoms with Gasteiger partial charge in [-0.05, 0) is 30.0 Å². The Bertz CT molecular complexity index is 1540. The number of hydrogen-bond donors (Lipinski definition) is 1. The maximum absolute atomic E-state index is 13.6. The smallest absolute Gasteiger partial charge is 0.309 e. The molecule has 0 atom stereocenters. The van der Waals surface area contributed by atoms with Gasteiger partial charge in [0.05, 0.1) is 44.3 Å². The van der Waals surface area contributed by atoms with Gasteiger partial charge in [-0.1, -0.05) is 55.8 Å². The summed E-state index contributed by atoms with van der Waals surface area (Å²) >= 11 is 0. The number of fused-ring (bicyclic) bond motifs is 3. The van der Waals surface area contributed by atoms with E-state index in [2.05, 4.69) is 27.4 Å². The van der Waals surface area contributed by atoms with Crippen molar-refractivity contribution < 1.29 is 19.1 Å². The van der Waals surface area contributed by atoms with Crippen molar-refractivity contribution in [3.63, 3.8) is 0 Å². The number of aromatic nitrogens is 3. The first-order chi connectivity index (χ1) is 21.0. The molecule has 1 amide bonds. The number of esters is 1. The van der Waals surface area contributed by atoms with Gasteiger partial charge in [0.15, 0.2) is 5.82 Å². The van der Waals surface area contributed by atoms with Crippen molar-refractivity contribution in [2.24, 2.45) is 0 Å². The highest BCUT2D eigenvalue weighted by molar-refractivity contribution is 6.06. The molecule has 228 valence electrons. The quantitative estimate of drug-likeness (QED) is 0.234. The Kier molecular flexibility index (Phi) is 10.2. The molecule has 5 rings (SSSR count). The summed E-state index contributed by atoms with van der Waals surface area (Å²) in [5.41, 5.74) is 10.9. The van der Waals surface area contributed by atoms with Gasteiger partial charge in [-0.2, -0.15) is 0 Å². The molecule has 0 bridgehead atoms. The van der Waals surface area contributed by atoms with E-state index in [0.717, 1.165) is 77.7 Å². The Balaban J connectivity index is 1.37. The van der Waals surface area contributed by atoms with Crippen LogP contribution in [0.3, 0.4) is 0 Å². The number of para-hydroxylation sites is 1. The van der Waals surface area contributed by atoms with Crippen LogP contribution in [0.1, 0.15) is 43.1 Å². The van der Waals surface area contributed by atoms with Crippen molar-refractivity contribution in [1.29, 1.82) is 0 Å². The largest absolute Gasteiger partial charge is 0.469 e. The third-order valence-corrected chi connectivity index (χ3v) is 8.04. The standard InChI is InChI=1S/C33H42N6O4/c1-3-4-10-28-36-31-32(26-8-5-6-9-27(26)35-33(31)34)39(28)16-7-15-38(29(40)23-37-17-19-43-20-18-37)22-25-13-11-24(12-14-25)21-30(41)42-2/h5-6,8-9,11-14H,3-4,7,10,15-23H2,1-2H3,(H2,34,35). The lowest BCUT2D eigenvalue weighted by atomic mass is 10.1. The summed E-state index contributed by atoms with van der Waals surface area (Å²) in [6.07, 6.45) is 3.95. The molecule has 1 aliphatic rings. The molecule has 2 N–H and O–H groups in total. The normalized spacial score (nSPS) is 13.9. The zero-order chi connectivity index (χ0) is 30.2. The first-order valence-electron chi connectivity index (χ1n) is 15.2. The predicted octanol–water partition coefficient (Wildman–Crippen LogP) is 3.98. The molecule has 2 aromatic heterocycles. The Hall–Kier alpha value is -4.02. The van der Waals surface area contributed by atoms with E-state index < -0.39 is 0 Å². The van der Waals surface area contributed by atoms with E-state index in [9.17, 15) is 9.59 Å². The minimum Gasteiger partial charge on any atom is -0.469 e. The average molecular weight is 587 g/mol. The summed E-state index contributed by atoms with van der Waals surface area (Å²) in [6.45, 7) is 7.16. The molecule has 2 aromatic carbocycles. The average Bonchev–Trinajstić information content (AvgIpc) is 3.40. The van der Waals surface area contributed by atoms with Crippen molar-refractivity contribution in [3.05, 3.63) is 65.5 Å². The van der Waals surface area contributed by atoms with E-state index in [1.807, 2.05) is 47.4 Å². The molecule has 0 saturated carbocycles. The number of ether oxygens (including phenoxy) is 2. The first-order valence-corrected chi connectivity index (χ1v) is 15.2. The lowest BCUT2D eigenvalue weighted by molar-refractivity contribution is -0.139. The minimum atomic E-state index is -0.272. The lowest BCUT2D eigenvalue weighted by Gasteiger charge is -2.30. The topological polar surface area (TPSA) is 116 Å². The highest BCUT2D eigenvalue weighted by Gasteiger charge is 2.21. The molecule has 0 radical (unpaired) electrons. The van der Waals surface area contributed by atoms with Gasteiger partial charge in [0.25, 0.3) is 0 Å². The van der Waals surface area contributed by atoms with Crippen LogP contribution in [-0.4, -0.2) is 82.7 Å². The molecule has 0 unspecified atom stereocenters. The summed E-state index contributed by atoms with van der Waals surface area (Å²) in [7, 11) is 1.39. The Morgan fingerprint density at radius 3 is 2.51 bits per heavy atom. The molecule has 0 aliphatic carbocycles. The molecule has 10 heteroatoms. The van der Waals surface area contributed by atoms with Crippen molar-refractivity contribution in [3.8, 4) is 0 Å². The molecule has 4 aromatic rings. The molecule has 0 spiro atoms. The molecule has 1 saturated heterocycles. The summed E-state index contributed by atoms with van der Waals surface area (Å²) < 4.78 is 12.6. The Morgan fingerprint density at radius 1 is 1.02 bits per heavy atom. The molecular weight excluding hydrogens is 544 g/mol. The maximum Gasteiger partial charge on any atom is 0.309 e. The third-order valence-electron chi connectivity index (χ3n) is 8.04. The number of aryl methyl sites for hydroxylation is 2. The molecule has 3 heterocycles. The fourth-order valence-corrected chi connectivity index (χ4v) is 5.66. The van der Waals surface area contributed by atoms with Crippen LogP contribution in [0.25, 0.3) is 21.9 Å². The van der Waals surface area contributed by atoms with E-state index in [4.69, 9.17) is 20.2 Å². The SMILES string of the molecule is CCCCc1nc2c(N)nc3ccccc3c2n1CCCN(Cc1ccc(CC(=O)OC)cc1)C(=O)CN1CCOCC1. The lowest BCUT2D eigenvalue weighted by Crippen LogP contribution is -2.45. The first kappa shape index (κ1) is 30.4. The van der Waals surface area contributed by atoms with E-state index >= 15 is 0 Å². The number of anilines is 1. The van der Waals surface area contributed by atoms with E-state index in [1.165, 1.54) is 7.11 Å². The second-order valence-corrected chi connectivity index (χ2v) is 11.1. The van der Waals surface area contributed by atoms with Crippen molar-refractivity contribution >= 4 is 39.6 Å². The fraction of sp³-hybridized carbons (Fsp3) is 0.455. The minimum absolute atomic E-state index is 0.0983. The second-order valence-electron chi connectivity index (χ2n) is 11.1. The fourth-order valence-electron chi connectivity index (χ4n) is 5.66. The zero-order valence-corrected chi connectivity index (χ0v) is 25.3. The number of unbranched alkanes of at least 4 members (excludes halogenated alkanes) is 1. The van der Waals surface area contributed by atoms with Crippen LogP contribution in [0.5, 0.6) is 0 Å². The van der Waals surface area contributed by atoms with Crippen molar-refractivity contribution in [1.82, 2.24) is 24.3 Å². The number of rotatable bonds is 13. The summed E-state index contributed by atoms with van der Waals surface area (Å²) in [5.74, 6) is 1.28. The number of hydrogen-bond acceptors (Lipinski definition) is 8. The van der Waals surface area contributed by atoms with E-state index in [-0.39, 0.29) is 18.3 Å². The number of carbonyl (C=O) groups excluding carboxylic acids is 2. The molecule has 43 heavy (non-hydrogen) atoms. The van der Waals surface area contributed by atoms with Gasteiger partial charge in [-0.3, -0.25) is 14.5 Å². The molecular formula is C33H42N6O4. The molecule has 1 fully saturated rings. The summed E-state index contributed by atoms with van der Waals surface area (Å²) in [4.78, 5) is 39.0. The van der Waals surface area contributed by atoms with E-state index in [1.54, 1.807) is 0 Å². The Morgan fingerprint density at radius 2 is 1.77 bits per heavy atom. The zero-order valence-electron chi connectivity index (χ0n) is 25.3. The number of nitrogens with two attached hydrogens (primary N) is 1. The number of nitrogens with zero attached hydrogens (tertiary/aromatic N) is 5. The maximum atomic E-state index is 13.6. The van der Waals surface area contributed by atoms with Gasteiger partial charge in [0.1, 0.15) is 11.3 Å². The van der Waals surface area contributed by atoms with Crippen LogP contribution in [0.2, 0.25) is 0 Å². The van der Waals surface area contributed by atoms with Gasteiger partial charge >= 0.3 is 5.97 Å². The highest BCUT2D eigenvalue weighted by atomic mass is 16.5. The number of benzene rings is 2. The second kappa shape index (κ2) is 14.4. The predicted molar refractivity (Wildman–Crippen MR) is 168 cm³/mol.